The Morgan fingerprint density at radius 2 is 1.47 bits per heavy atom. The molecule has 3 nitrogen and oxygen atoms in total. The molecule has 0 aliphatic rings. The number of hydrogen-bond donors (Lipinski definition) is 1. The Bertz CT molecular complexity index is 371. The molecule has 1 N–H and O–H groups in total. The van der Waals surface area contributed by atoms with Gasteiger partial charge >= 0.3 is 8.80 Å². The molecule has 7 heteroatoms. The molecule has 1 aromatic carbocycles. The van der Waals surface area contributed by atoms with Gasteiger partial charge in [0.25, 0.3) is 0 Å². The fourth-order valence-electron chi connectivity index (χ4n) is 1.34. The summed E-state index contributed by atoms with van der Waals surface area (Å²) < 4.78 is 48.9. The molecular weight excluding hydrogens is 253 g/mol. The van der Waals surface area contributed by atoms with Crippen LogP contribution in [0.5, 0.6) is 0 Å². The second-order valence-electron chi connectivity index (χ2n) is 3.20. The molecule has 0 amide bonds. The van der Waals surface area contributed by atoms with Crippen LogP contribution in [0.3, 0.4) is 0 Å². The minimum absolute atomic E-state index is 0.114. The van der Waals surface area contributed by atoms with Gasteiger partial charge in [0, 0.05) is 18.4 Å². The van der Waals surface area contributed by atoms with E-state index in [1.807, 2.05) is 0 Å². The molecule has 96 valence electrons. The van der Waals surface area contributed by atoms with E-state index < -0.39 is 26.3 Å². The molecule has 0 radical (unpaired) electrons. The van der Waals surface area contributed by atoms with Crippen LogP contribution in [0.2, 0.25) is 0 Å². The van der Waals surface area contributed by atoms with Crippen molar-refractivity contribution in [1.82, 2.24) is 0 Å². The second-order valence-corrected chi connectivity index (χ2v) is 5.52. The van der Waals surface area contributed by atoms with E-state index in [0.717, 1.165) is 0 Å². The molecule has 0 spiro atoms. The third-order valence-corrected chi connectivity index (χ3v) is 4.41. The fraction of sp³-hybridized carbons (Fsp3) is 0.400. The molecule has 0 aromatic heterocycles. The first-order valence-electron chi connectivity index (χ1n) is 5.10. The maximum absolute atomic E-state index is 13.0. The highest BCUT2D eigenvalue weighted by Crippen LogP contribution is 2.12. The highest BCUT2D eigenvalue weighted by molar-refractivity contribution is 6.74. The number of rotatable bonds is 5. The number of hydrogen-bond acceptors (Lipinski definition) is 3. The van der Waals surface area contributed by atoms with Crippen LogP contribution in [-0.4, -0.2) is 26.8 Å². The van der Waals surface area contributed by atoms with Crippen LogP contribution in [-0.2, 0) is 8.85 Å². The lowest BCUT2D eigenvalue weighted by Crippen LogP contribution is -2.54. The Labute approximate surface area is 98.2 Å². The van der Waals surface area contributed by atoms with E-state index in [0.29, 0.717) is 12.1 Å². The summed E-state index contributed by atoms with van der Waals surface area (Å²) >= 11 is 0. The Kier molecular flexibility index (Phi) is 4.69. The maximum atomic E-state index is 13.0. The highest BCUT2D eigenvalue weighted by Gasteiger charge is 2.40. The van der Waals surface area contributed by atoms with E-state index in [9.17, 15) is 18.0 Å². The molecule has 17 heavy (non-hydrogen) atoms. The van der Waals surface area contributed by atoms with Crippen molar-refractivity contribution in [3.63, 3.8) is 0 Å². The summed E-state index contributed by atoms with van der Waals surface area (Å²) in [4.78, 5) is 10.1. The Balaban J connectivity index is 3.19. The molecule has 0 bridgehead atoms. The predicted octanol–water partition coefficient (Wildman–Crippen LogP) is 1.32. The van der Waals surface area contributed by atoms with Gasteiger partial charge in [0.2, 0.25) is 0 Å². The standard InChI is InChI=1S/C10H13F3O3Si/c1-3-15-17(14,16-4-2)7-5-8(11)10(13)9(12)6-7/h5-6,14H,3-4H2,1-2H3. The highest BCUT2D eigenvalue weighted by atomic mass is 28.4. The molecule has 0 atom stereocenters. The van der Waals surface area contributed by atoms with Crippen molar-refractivity contribution < 1.29 is 26.8 Å². The van der Waals surface area contributed by atoms with Crippen LogP contribution in [0.4, 0.5) is 13.2 Å². The summed E-state index contributed by atoms with van der Waals surface area (Å²) in [7, 11) is -3.86. The number of benzene rings is 1. The first-order valence-corrected chi connectivity index (χ1v) is 6.86. The van der Waals surface area contributed by atoms with E-state index >= 15 is 0 Å². The van der Waals surface area contributed by atoms with Crippen molar-refractivity contribution in [2.45, 2.75) is 13.8 Å². The normalized spacial score (nSPS) is 11.9. The van der Waals surface area contributed by atoms with Gasteiger partial charge in [-0.15, -0.1) is 0 Å². The van der Waals surface area contributed by atoms with Gasteiger partial charge in [0.15, 0.2) is 17.5 Å². The zero-order chi connectivity index (χ0) is 13.1. The third-order valence-electron chi connectivity index (χ3n) is 2.03. The van der Waals surface area contributed by atoms with Gasteiger partial charge in [-0.25, -0.2) is 13.2 Å². The fourth-order valence-corrected chi connectivity index (χ4v) is 3.16. The van der Waals surface area contributed by atoms with Gasteiger partial charge in [-0.05, 0) is 26.0 Å². The summed E-state index contributed by atoms with van der Waals surface area (Å²) in [6.07, 6.45) is 0. The molecule has 0 aliphatic heterocycles. The van der Waals surface area contributed by atoms with Gasteiger partial charge in [-0.1, -0.05) is 0 Å². The van der Waals surface area contributed by atoms with Crippen LogP contribution in [0.15, 0.2) is 12.1 Å². The minimum Gasteiger partial charge on any atom is -0.386 e. The van der Waals surface area contributed by atoms with Crippen LogP contribution < -0.4 is 5.19 Å². The lowest BCUT2D eigenvalue weighted by molar-refractivity contribution is 0.124. The van der Waals surface area contributed by atoms with Gasteiger partial charge in [-0.2, -0.15) is 0 Å². The lowest BCUT2D eigenvalue weighted by Gasteiger charge is -2.23. The van der Waals surface area contributed by atoms with Crippen LogP contribution in [0, 0.1) is 17.5 Å². The molecule has 0 unspecified atom stereocenters. The second kappa shape index (κ2) is 5.63. The largest absolute Gasteiger partial charge is 0.534 e. The van der Waals surface area contributed by atoms with E-state index in [-0.39, 0.29) is 18.4 Å². The Hall–Kier alpha value is -0.893. The third kappa shape index (κ3) is 3.06. The van der Waals surface area contributed by atoms with Crippen LogP contribution in [0.1, 0.15) is 13.8 Å². The van der Waals surface area contributed by atoms with E-state index in [1.165, 1.54) is 0 Å². The molecule has 0 saturated heterocycles. The monoisotopic (exact) mass is 266 g/mol. The summed E-state index contributed by atoms with van der Waals surface area (Å²) in [6, 6.07) is 1.38. The molecular formula is C10H13F3O3Si. The Morgan fingerprint density at radius 1 is 1.06 bits per heavy atom. The van der Waals surface area contributed by atoms with E-state index in [1.54, 1.807) is 13.8 Å². The van der Waals surface area contributed by atoms with E-state index in [4.69, 9.17) is 8.85 Å². The van der Waals surface area contributed by atoms with Gasteiger partial charge < -0.3 is 13.6 Å². The molecule has 0 aliphatic carbocycles. The maximum Gasteiger partial charge on any atom is 0.534 e. The average molecular weight is 266 g/mol. The van der Waals surface area contributed by atoms with Crippen molar-refractivity contribution in [1.29, 1.82) is 0 Å². The summed E-state index contributed by atoms with van der Waals surface area (Å²) in [5, 5.41) is -0.197. The smallest absolute Gasteiger partial charge is 0.386 e. The predicted molar refractivity (Wildman–Crippen MR) is 57.2 cm³/mol. The van der Waals surface area contributed by atoms with Crippen molar-refractivity contribution in [3.05, 3.63) is 29.6 Å². The van der Waals surface area contributed by atoms with Crippen molar-refractivity contribution >= 4 is 14.0 Å². The molecule has 0 heterocycles. The first-order chi connectivity index (χ1) is 7.94. The molecule has 0 fully saturated rings. The van der Waals surface area contributed by atoms with E-state index in [2.05, 4.69) is 0 Å². The van der Waals surface area contributed by atoms with Crippen molar-refractivity contribution in [2.75, 3.05) is 13.2 Å². The van der Waals surface area contributed by atoms with Crippen molar-refractivity contribution in [2.24, 2.45) is 0 Å². The molecule has 0 saturated carbocycles. The number of halogens is 3. The van der Waals surface area contributed by atoms with Gasteiger partial charge in [0.1, 0.15) is 0 Å². The summed E-state index contributed by atoms with van der Waals surface area (Å²) in [6.45, 7) is 3.44. The Morgan fingerprint density at radius 3 is 1.82 bits per heavy atom. The molecule has 1 aromatic rings. The van der Waals surface area contributed by atoms with Crippen LogP contribution >= 0.6 is 0 Å². The van der Waals surface area contributed by atoms with Gasteiger partial charge in [0.05, 0.1) is 0 Å². The van der Waals surface area contributed by atoms with Gasteiger partial charge in [-0.3, -0.25) is 0 Å². The quantitative estimate of drug-likeness (QED) is 0.645. The topological polar surface area (TPSA) is 38.7 Å². The lowest BCUT2D eigenvalue weighted by atomic mass is 10.3. The average Bonchev–Trinajstić information content (AvgIpc) is 2.26. The first kappa shape index (κ1) is 14.2. The summed E-state index contributed by atoms with van der Waals surface area (Å²) in [5.41, 5.74) is 0. The SMILES string of the molecule is CCO[Si](O)(OCC)c1cc(F)c(F)c(F)c1. The summed E-state index contributed by atoms with van der Waals surface area (Å²) in [5.74, 6) is -4.35. The molecule has 1 rings (SSSR count). The zero-order valence-electron chi connectivity index (χ0n) is 9.47. The van der Waals surface area contributed by atoms with Crippen molar-refractivity contribution in [3.8, 4) is 0 Å². The van der Waals surface area contributed by atoms with Crippen LogP contribution in [0.25, 0.3) is 0 Å². The zero-order valence-corrected chi connectivity index (χ0v) is 10.5. The minimum atomic E-state index is -3.86.